The second-order valence-corrected chi connectivity index (χ2v) is 7.28. The van der Waals surface area contributed by atoms with Crippen molar-refractivity contribution in [2.75, 3.05) is 6.61 Å². The average Bonchev–Trinajstić information content (AvgIpc) is 3.17. The number of ether oxygens (including phenoxy) is 1. The molecule has 0 saturated heterocycles. The fourth-order valence-electron chi connectivity index (χ4n) is 3.23. The van der Waals surface area contributed by atoms with E-state index in [9.17, 15) is 27.9 Å². The summed E-state index contributed by atoms with van der Waals surface area (Å²) >= 11 is 6.21. The van der Waals surface area contributed by atoms with Crippen LogP contribution < -0.4 is 10.1 Å². The van der Waals surface area contributed by atoms with Gasteiger partial charge in [-0.2, -0.15) is 23.0 Å². The Labute approximate surface area is 191 Å². The minimum absolute atomic E-state index is 0.182. The fourth-order valence-corrected chi connectivity index (χ4v) is 3.44. The number of halogens is 4. The number of nitrogens with one attached hydrogen (secondary N) is 1. The van der Waals surface area contributed by atoms with Crippen molar-refractivity contribution in [3.05, 3.63) is 76.4 Å². The smallest absolute Gasteiger partial charge is 0.416 e. The Morgan fingerprint density at radius 1 is 1.18 bits per heavy atom. The number of amides is 1. The normalized spacial score (nSPS) is 12.3. The van der Waals surface area contributed by atoms with Crippen LogP contribution in [0.1, 0.15) is 41.0 Å². The number of carbonyl (C=O) groups excluding carboxylic acids is 1. The molecule has 174 valence electrons. The summed E-state index contributed by atoms with van der Waals surface area (Å²) in [4.78, 5) is 24.2. The third kappa shape index (κ3) is 5.64. The highest BCUT2D eigenvalue weighted by Crippen LogP contribution is 2.35. The highest BCUT2D eigenvalue weighted by Gasteiger charge is 2.36. The summed E-state index contributed by atoms with van der Waals surface area (Å²) in [7, 11) is 0. The molecule has 33 heavy (non-hydrogen) atoms. The Morgan fingerprint density at radius 2 is 1.85 bits per heavy atom. The van der Waals surface area contributed by atoms with Gasteiger partial charge in [0.15, 0.2) is 5.69 Å². The minimum Gasteiger partial charge on any atom is -0.481 e. The molecular weight excluding hydrogens is 463 g/mol. The van der Waals surface area contributed by atoms with E-state index in [1.165, 1.54) is 22.9 Å². The van der Waals surface area contributed by atoms with Crippen LogP contribution in [-0.4, -0.2) is 33.4 Å². The number of carboxylic acids is 1. The Morgan fingerprint density at radius 3 is 2.48 bits per heavy atom. The molecule has 0 unspecified atom stereocenters. The van der Waals surface area contributed by atoms with Crippen LogP contribution in [-0.2, 0) is 11.0 Å². The number of hydrogen-bond acceptors (Lipinski definition) is 4. The number of aliphatic carboxylic acids is 1. The third-order valence-corrected chi connectivity index (χ3v) is 4.93. The first-order valence-corrected chi connectivity index (χ1v) is 10.2. The molecule has 0 aliphatic rings. The van der Waals surface area contributed by atoms with Crippen LogP contribution in [0.15, 0.2) is 54.6 Å². The predicted octanol–water partition coefficient (Wildman–Crippen LogP) is 4.89. The molecule has 1 atom stereocenters. The summed E-state index contributed by atoms with van der Waals surface area (Å²) in [5, 5.41) is 16.1. The topological polar surface area (TPSA) is 93.4 Å². The molecular formula is C22H19ClF3N3O4. The second kappa shape index (κ2) is 9.95. The van der Waals surface area contributed by atoms with Crippen LogP contribution in [0.3, 0.4) is 0 Å². The van der Waals surface area contributed by atoms with Gasteiger partial charge in [-0.1, -0.05) is 41.9 Å². The molecule has 0 fully saturated rings. The zero-order valence-corrected chi connectivity index (χ0v) is 18.0. The number of nitrogens with zero attached hydrogens (tertiary/aromatic N) is 2. The highest BCUT2D eigenvalue weighted by molar-refractivity contribution is 6.32. The number of para-hydroxylation sites is 1. The molecule has 0 aliphatic carbocycles. The van der Waals surface area contributed by atoms with E-state index in [2.05, 4.69) is 10.4 Å². The monoisotopic (exact) mass is 481 g/mol. The molecule has 2 N–H and O–H groups in total. The Balaban J connectivity index is 1.98. The zero-order valence-electron chi connectivity index (χ0n) is 17.3. The van der Waals surface area contributed by atoms with Gasteiger partial charge < -0.3 is 15.2 Å². The molecule has 0 bridgehead atoms. The Bertz CT molecular complexity index is 1160. The van der Waals surface area contributed by atoms with Gasteiger partial charge >= 0.3 is 12.1 Å². The molecule has 2 aromatic carbocycles. The maximum absolute atomic E-state index is 13.5. The van der Waals surface area contributed by atoms with E-state index in [-0.39, 0.29) is 23.7 Å². The predicted molar refractivity (Wildman–Crippen MR) is 114 cm³/mol. The van der Waals surface area contributed by atoms with Gasteiger partial charge in [-0.15, -0.1) is 0 Å². The minimum atomic E-state index is -4.73. The molecule has 3 rings (SSSR count). The van der Waals surface area contributed by atoms with Gasteiger partial charge in [0, 0.05) is 6.07 Å². The van der Waals surface area contributed by atoms with Crippen LogP contribution >= 0.6 is 11.6 Å². The number of hydrogen-bond donors (Lipinski definition) is 2. The number of aromatic nitrogens is 2. The first-order chi connectivity index (χ1) is 15.6. The molecule has 0 radical (unpaired) electrons. The van der Waals surface area contributed by atoms with Crippen molar-refractivity contribution in [3.63, 3.8) is 0 Å². The van der Waals surface area contributed by atoms with Gasteiger partial charge in [0.1, 0.15) is 0 Å². The number of benzene rings is 2. The van der Waals surface area contributed by atoms with Crippen molar-refractivity contribution in [3.8, 4) is 11.6 Å². The van der Waals surface area contributed by atoms with E-state index in [0.717, 1.165) is 12.1 Å². The lowest BCUT2D eigenvalue weighted by Crippen LogP contribution is -2.32. The summed E-state index contributed by atoms with van der Waals surface area (Å²) in [5.41, 5.74) is -1.16. The quantitative estimate of drug-likeness (QED) is 0.478. The van der Waals surface area contributed by atoms with Gasteiger partial charge in [-0.3, -0.25) is 9.59 Å². The van der Waals surface area contributed by atoms with Gasteiger partial charge in [-0.25, -0.2) is 0 Å². The van der Waals surface area contributed by atoms with Crippen LogP contribution in [0, 0.1) is 0 Å². The van der Waals surface area contributed by atoms with Gasteiger partial charge in [0.05, 0.1) is 35.3 Å². The summed E-state index contributed by atoms with van der Waals surface area (Å²) in [6, 6.07) is 11.0. The highest BCUT2D eigenvalue weighted by atomic mass is 35.5. The van der Waals surface area contributed by atoms with Crippen LogP contribution in [0.5, 0.6) is 5.88 Å². The van der Waals surface area contributed by atoms with Gasteiger partial charge in [0.25, 0.3) is 5.91 Å². The standard InChI is InChI=1S/C22H19ClF3N3O4/c1-2-33-19-11-17(28-29(19)18-10-6-5-9-15(18)23)21(32)27-16(12-20(30)31)13-7-3-4-8-14(13)22(24,25)26/h3-11,16H,2,12H2,1H3,(H,27,32)(H,30,31)/t16-/m0/s1. The van der Waals surface area contributed by atoms with E-state index in [0.29, 0.717) is 10.7 Å². The van der Waals surface area contributed by atoms with Crippen LogP contribution in [0.2, 0.25) is 5.02 Å². The van der Waals surface area contributed by atoms with Crippen LogP contribution in [0.4, 0.5) is 13.2 Å². The Kier molecular flexibility index (Phi) is 7.27. The summed E-state index contributed by atoms with van der Waals surface area (Å²) in [5.74, 6) is -2.07. The Hall–Kier alpha value is -3.53. The van der Waals surface area contributed by atoms with Crippen molar-refractivity contribution in [2.45, 2.75) is 25.6 Å². The molecule has 7 nitrogen and oxygen atoms in total. The summed E-state index contributed by atoms with van der Waals surface area (Å²) in [6.07, 6.45) is -5.49. The lowest BCUT2D eigenvalue weighted by molar-refractivity contribution is -0.140. The van der Waals surface area contributed by atoms with E-state index in [1.807, 2.05) is 0 Å². The molecule has 1 heterocycles. The van der Waals surface area contributed by atoms with Gasteiger partial charge in [-0.05, 0) is 30.7 Å². The lowest BCUT2D eigenvalue weighted by atomic mass is 9.97. The van der Waals surface area contributed by atoms with Crippen LogP contribution in [0.25, 0.3) is 5.69 Å². The molecule has 0 aliphatic heterocycles. The average molecular weight is 482 g/mol. The molecule has 3 aromatic rings. The van der Waals surface area contributed by atoms with Crippen molar-refractivity contribution in [1.29, 1.82) is 0 Å². The fraction of sp³-hybridized carbons (Fsp3) is 0.227. The SMILES string of the molecule is CCOc1cc(C(=O)N[C@@H](CC(=O)O)c2ccccc2C(F)(F)F)nn1-c1ccccc1Cl. The van der Waals surface area contributed by atoms with E-state index in [4.69, 9.17) is 16.3 Å². The number of carboxylic acid groups (broad SMARTS) is 1. The zero-order chi connectivity index (χ0) is 24.2. The molecule has 1 aromatic heterocycles. The first kappa shape index (κ1) is 24.1. The second-order valence-electron chi connectivity index (χ2n) is 6.87. The largest absolute Gasteiger partial charge is 0.481 e. The lowest BCUT2D eigenvalue weighted by Gasteiger charge is -2.21. The van der Waals surface area contributed by atoms with Crippen molar-refractivity contribution < 1.29 is 32.6 Å². The molecule has 11 heteroatoms. The summed E-state index contributed by atoms with van der Waals surface area (Å²) < 4.78 is 47.2. The van der Waals surface area contributed by atoms with Gasteiger partial charge in [0.2, 0.25) is 5.88 Å². The number of rotatable bonds is 8. The summed E-state index contributed by atoms with van der Waals surface area (Å²) in [6.45, 7) is 1.97. The van der Waals surface area contributed by atoms with E-state index in [1.54, 1.807) is 31.2 Å². The third-order valence-electron chi connectivity index (χ3n) is 4.61. The van der Waals surface area contributed by atoms with Crippen molar-refractivity contribution >= 4 is 23.5 Å². The number of alkyl halides is 3. The maximum Gasteiger partial charge on any atom is 0.416 e. The van der Waals surface area contributed by atoms with E-state index < -0.39 is 36.1 Å². The molecule has 1 amide bonds. The van der Waals surface area contributed by atoms with Crippen molar-refractivity contribution in [1.82, 2.24) is 15.1 Å². The first-order valence-electron chi connectivity index (χ1n) is 9.78. The van der Waals surface area contributed by atoms with E-state index >= 15 is 0 Å². The van der Waals surface area contributed by atoms with Crippen molar-refractivity contribution in [2.24, 2.45) is 0 Å². The molecule has 0 saturated carbocycles. The number of carbonyl (C=O) groups is 2. The maximum atomic E-state index is 13.5. The molecule has 0 spiro atoms.